The van der Waals surface area contributed by atoms with E-state index in [4.69, 9.17) is 19.6 Å². The van der Waals surface area contributed by atoms with E-state index in [0.717, 1.165) is 35.2 Å². The van der Waals surface area contributed by atoms with Gasteiger partial charge in [-0.2, -0.15) is 9.61 Å². The molecule has 1 saturated carbocycles. The predicted molar refractivity (Wildman–Crippen MR) is 185 cm³/mol. The molecule has 1 aromatic carbocycles. The molecule has 3 aromatic heterocycles. The lowest BCUT2D eigenvalue weighted by atomic mass is 9.94. The number of likely N-dealkylation sites (tertiary alicyclic amines) is 1. The number of carbonyl (C=O) groups excluding carboxylic acids is 2. The van der Waals surface area contributed by atoms with E-state index in [-0.39, 0.29) is 19.0 Å². The summed E-state index contributed by atoms with van der Waals surface area (Å²) in [7, 11) is 0. The molecule has 12 nitrogen and oxygen atoms in total. The molecule has 1 aliphatic heterocycles. The third-order valence-corrected chi connectivity index (χ3v) is 8.92. The number of carbonyl (C=O) groups is 2. The molecule has 2 amide bonds. The number of anilines is 2. The van der Waals surface area contributed by atoms with Crippen molar-refractivity contribution in [1.29, 1.82) is 0 Å². The molecule has 2 N–H and O–H groups in total. The van der Waals surface area contributed by atoms with E-state index in [9.17, 15) is 14.7 Å². The number of piperidine rings is 1. The van der Waals surface area contributed by atoms with Gasteiger partial charge in [-0.05, 0) is 72.3 Å². The summed E-state index contributed by atoms with van der Waals surface area (Å²) in [6.45, 7) is 12.4. The van der Waals surface area contributed by atoms with Gasteiger partial charge in [0.2, 0.25) is 0 Å². The average Bonchev–Trinajstić information content (AvgIpc) is 3.52. The summed E-state index contributed by atoms with van der Waals surface area (Å²) in [6.07, 6.45) is 2.93. The van der Waals surface area contributed by atoms with Gasteiger partial charge in [0, 0.05) is 41.6 Å². The van der Waals surface area contributed by atoms with Crippen LogP contribution in [0.15, 0.2) is 47.4 Å². The molecule has 48 heavy (non-hydrogen) atoms. The van der Waals surface area contributed by atoms with Crippen molar-refractivity contribution in [2.24, 2.45) is 5.92 Å². The summed E-state index contributed by atoms with van der Waals surface area (Å²) in [5.41, 5.74) is 5.04. The lowest BCUT2D eigenvalue weighted by Gasteiger charge is -2.36. The zero-order valence-corrected chi connectivity index (χ0v) is 29.3. The summed E-state index contributed by atoms with van der Waals surface area (Å²) in [5.74, 6) is 1.35. The van der Waals surface area contributed by atoms with E-state index in [0.29, 0.717) is 42.7 Å². The molecule has 0 bridgehead atoms. The second kappa shape index (κ2) is 13.3. The first-order valence-electron chi connectivity index (χ1n) is 16.5. The third kappa shape index (κ3) is 8.07. The van der Waals surface area contributed by atoms with E-state index in [2.05, 4.69) is 10.3 Å². The van der Waals surface area contributed by atoms with E-state index >= 15 is 0 Å². The number of fused-ring (bicyclic) bond motifs is 1. The zero-order valence-electron chi connectivity index (χ0n) is 28.5. The third-order valence-electron chi connectivity index (χ3n) is 8.33. The molecule has 0 unspecified atom stereocenters. The lowest BCUT2D eigenvalue weighted by Crippen LogP contribution is -2.49. The van der Waals surface area contributed by atoms with E-state index in [1.165, 1.54) is 0 Å². The Balaban J connectivity index is 1.27. The number of aliphatic hydroxyl groups excluding tert-OH is 1. The Hall–Kier alpha value is -4.23. The van der Waals surface area contributed by atoms with Crippen LogP contribution in [0.3, 0.4) is 0 Å². The monoisotopic (exact) mass is 675 g/mol. The fraction of sp³-hybridized carbons (Fsp3) is 0.514. The van der Waals surface area contributed by atoms with Crippen LogP contribution in [0, 0.1) is 5.92 Å². The Morgan fingerprint density at radius 1 is 1.06 bits per heavy atom. The highest BCUT2D eigenvalue weighted by atomic mass is 32.1. The number of amides is 2. The molecule has 0 radical (unpaired) electrons. The Bertz CT molecular complexity index is 1740. The Morgan fingerprint density at radius 2 is 1.79 bits per heavy atom. The van der Waals surface area contributed by atoms with E-state index < -0.39 is 29.5 Å². The minimum absolute atomic E-state index is 0.115. The highest BCUT2D eigenvalue weighted by Crippen LogP contribution is 2.42. The van der Waals surface area contributed by atoms with Crippen molar-refractivity contribution >= 4 is 40.8 Å². The van der Waals surface area contributed by atoms with Crippen molar-refractivity contribution < 1.29 is 24.2 Å². The maximum absolute atomic E-state index is 13.9. The van der Waals surface area contributed by atoms with Gasteiger partial charge in [0.25, 0.3) is 0 Å². The maximum atomic E-state index is 13.9. The second-order valence-corrected chi connectivity index (χ2v) is 15.4. The van der Waals surface area contributed by atoms with Gasteiger partial charge < -0.3 is 24.8 Å². The number of thiazole rings is 1. The number of β-amino-alcohol motifs (C(OH)–C–C–N with tert-alkyl or cyclic N) is 1. The van der Waals surface area contributed by atoms with E-state index in [1.807, 2.05) is 89.0 Å². The van der Waals surface area contributed by atoms with Gasteiger partial charge in [-0.25, -0.2) is 19.6 Å². The van der Waals surface area contributed by atoms with Crippen LogP contribution < -0.4 is 10.2 Å². The maximum Gasteiger partial charge on any atom is 0.416 e. The predicted octanol–water partition coefficient (Wildman–Crippen LogP) is 6.70. The SMILES string of the molecule is CC(C)(C)OC(=O)N1CC[C@H](CNc2cc(N(Cc3ccc(-c4cscn4)cc3)C(=O)OC(C)(C)C)n3ncc(C4CC4)c3n2)[C@@H](O)C1. The largest absolute Gasteiger partial charge is 0.444 e. The summed E-state index contributed by atoms with van der Waals surface area (Å²) in [5, 5.41) is 21.1. The van der Waals surface area contributed by atoms with Gasteiger partial charge in [-0.15, -0.1) is 11.3 Å². The quantitative estimate of drug-likeness (QED) is 0.209. The standard InChI is InChI=1S/C35H45N7O5S/c1-34(2,3)46-32(44)40-14-13-25(28(43)19-40)16-36-29-15-30(42-31(39-29)26(17-38-42)23-11-12-23)41(33(45)47-35(4,5)6)18-22-7-9-24(10-8-22)27-20-48-21-37-27/h7-10,15,17,20-21,23,25,28,43H,11-14,16,18-19H2,1-6H3,(H,36,39)/t25-,28+/m1/s1. The van der Waals surface area contributed by atoms with Crippen LogP contribution >= 0.6 is 11.3 Å². The number of rotatable bonds is 8. The fourth-order valence-electron chi connectivity index (χ4n) is 5.75. The van der Waals surface area contributed by atoms with Crippen LogP contribution in [0.1, 0.15) is 77.8 Å². The van der Waals surface area contributed by atoms with Gasteiger partial charge in [-0.1, -0.05) is 24.3 Å². The molecule has 4 heterocycles. The average molecular weight is 676 g/mol. The van der Waals surface area contributed by atoms with Crippen molar-refractivity contribution in [2.45, 2.75) is 90.6 Å². The van der Waals surface area contributed by atoms with Gasteiger partial charge in [0.15, 0.2) is 5.65 Å². The molecule has 256 valence electrons. The van der Waals surface area contributed by atoms with Gasteiger partial charge in [0.05, 0.1) is 36.6 Å². The van der Waals surface area contributed by atoms with Gasteiger partial charge in [-0.3, -0.25) is 4.90 Å². The first kappa shape index (κ1) is 33.7. The molecule has 1 saturated heterocycles. The van der Waals surface area contributed by atoms with Crippen LogP contribution in [0.2, 0.25) is 0 Å². The highest BCUT2D eigenvalue weighted by molar-refractivity contribution is 7.07. The smallest absolute Gasteiger partial charge is 0.416 e. The molecule has 1 aliphatic carbocycles. The Morgan fingerprint density at radius 3 is 2.42 bits per heavy atom. The van der Waals surface area contributed by atoms with E-state index in [1.54, 1.807) is 25.7 Å². The molecule has 2 fully saturated rings. The summed E-state index contributed by atoms with van der Waals surface area (Å²) < 4.78 is 13.1. The molecule has 2 aliphatic rings. The summed E-state index contributed by atoms with van der Waals surface area (Å²) in [6, 6.07) is 9.81. The number of nitrogens with zero attached hydrogens (tertiary/aromatic N) is 6. The highest BCUT2D eigenvalue weighted by Gasteiger charge is 2.34. The first-order valence-corrected chi connectivity index (χ1v) is 17.4. The number of hydrogen-bond donors (Lipinski definition) is 2. The number of benzene rings is 1. The summed E-state index contributed by atoms with van der Waals surface area (Å²) >= 11 is 1.55. The zero-order chi connectivity index (χ0) is 34.2. The molecule has 2 atom stereocenters. The minimum atomic E-state index is -0.732. The van der Waals surface area contributed by atoms with Crippen molar-refractivity contribution in [3.63, 3.8) is 0 Å². The molecular formula is C35H45N7O5S. The molecule has 13 heteroatoms. The van der Waals surface area contributed by atoms with Gasteiger partial charge >= 0.3 is 12.2 Å². The van der Waals surface area contributed by atoms with Crippen LogP contribution in [0.5, 0.6) is 0 Å². The van der Waals surface area contributed by atoms with Crippen LogP contribution in [-0.2, 0) is 16.0 Å². The number of nitrogens with one attached hydrogen (secondary N) is 1. The van der Waals surface area contributed by atoms with Crippen LogP contribution in [0.4, 0.5) is 21.2 Å². The normalized spacial score (nSPS) is 18.5. The lowest BCUT2D eigenvalue weighted by molar-refractivity contribution is -0.0104. The Kier molecular flexibility index (Phi) is 9.36. The van der Waals surface area contributed by atoms with Gasteiger partial charge in [0.1, 0.15) is 22.8 Å². The molecule has 4 aromatic rings. The minimum Gasteiger partial charge on any atom is -0.444 e. The topological polar surface area (TPSA) is 134 Å². The van der Waals surface area contributed by atoms with Crippen molar-refractivity contribution in [1.82, 2.24) is 24.5 Å². The van der Waals surface area contributed by atoms with Crippen molar-refractivity contribution in [3.8, 4) is 11.3 Å². The van der Waals surface area contributed by atoms with Crippen LogP contribution in [-0.4, -0.2) is 78.7 Å². The second-order valence-electron chi connectivity index (χ2n) is 14.7. The molecular weight excluding hydrogens is 630 g/mol. The van der Waals surface area contributed by atoms with Crippen molar-refractivity contribution in [3.05, 3.63) is 58.5 Å². The molecule has 6 rings (SSSR count). The van der Waals surface area contributed by atoms with Crippen LogP contribution in [0.25, 0.3) is 16.9 Å². The Labute approximate surface area is 285 Å². The number of hydrogen-bond acceptors (Lipinski definition) is 10. The number of aromatic nitrogens is 4. The van der Waals surface area contributed by atoms with Crippen molar-refractivity contribution in [2.75, 3.05) is 29.9 Å². The first-order chi connectivity index (χ1) is 22.7. The summed E-state index contributed by atoms with van der Waals surface area (Å²) in [4.78, 5) is 39.0. The fourth-order valence-corrected chi connectivity index (χ4v) is 6.31. The number of aliphatic hydroxyl groups is 1. The number of ether oxygens (including phenoxy) is 2. The molecule has 0 spiro atoms.